The van der Waals surface area contributed by atoms with E-state index < -0.39 is 5.91 Å². The van der Waals surface area contributed by atoms with E-state index in [0.29, 0.717) is 28.5 Å². The summed E-state index contributed by atoms with van der Waals surface area (Å²) in [5.41, 5.74) is 6.39. The number of aliphatic hydroxyl groups excluding tert-OH is 1. The summed E-state index contributed by atoms with van der Waals surface area (Å²) in [4.78, 5) is 11.1. The Hall–Kier alpha value is -2.04. The van der Waals surface area contributed by atoms with Crippen LogP contribution in [-0.2, 0) is 6.42 Å². The number of hydrogen-bond donors (Lipinski definition) is 2. The van der Waals surface area contributed by atoms with Crippen LogP contribution >= 0.6 is 11.6 Å². The molecule has 0 atom stereocenters. The Bertz CT molecular complexity index is 628. The summed E-state index contributed by atoms with van der Waals surface area (Å²) in [5.74, 6) is 0.511. The predicted octanol–water partition coefficient (Wildman–Crippen LogP) is 2.77. The van der Waals surface area contributed by atoms with Gasteiger partial charge in [-0.15, -0.1) is 0 Å². The molecule has 0 saturated carbocycles. The van der Waals surface area contributed by atoms with E-state index in [0.717, 1.165) is 5.56 Å². The van der Waals surface area contributed by atoms with Crippen molar-refractivity contribution in [3.63, 3.8) is 0 Å². The number of benzene rings is 2. The Morgan fingerprint density at radius 2 is 1.95 bits per heavy atom. The maximum atomic E-state index is 11.1. The summed E-state index contributed by atoms with van der Waals surface area (Å²) in [6.45, 7) is 0.0364. The summed E-state index contributed by atoms with van der Waals surface area (Å²) in [7, 11) is 0. The lowest BCUT2D eigenvalue weighted by Gasteiger charge is -2.12. The minimum Gasteiger partial charge on any atom is -0.456 e. The van der Waals surface area contributed by atoms with Crippen LogP contribution in [0.3, 0.4) is 0 Å². The standard InChI is InChI=1S/C15H14ClNO3/c16-12-9-11(15(17)19)5-6-14(12)20-13-4-2-1-3-10(13)7-8-18/h1-6,9,18H,7-8H2,(H2,17,19). The molecule has 0 aromatic heterocycles. The van der Waals surface area contributed by atoms with Crippen molar-refractivity contribution in [2.24, 2.45) is 5.73 Å². The third kappa shape index (κ3) is 3.29. The van der Waals surface area contributed by atoms with E-state index in [-0.39, 0.29) is 6.61 Å². The van der Waals surface area contributed by atoms with Gasteiger partial charge in [-0.25, -0.2) is 0 Å². The molecule has 0 radical (unpaired) electrons. The number of primary amides is 1. The largest absolute Gasteiger partial charge is 0.456 e. The van der Waals surface area contributed by atoms with Gasteiger partial charge >= 0.3 is 0 Å². The molecule has 104 valence electrons. The molecule has 0 spiro atoms. The number of para-hydroxylation sites is 1. The number of nitrogens with two attached hydrogens (primary N) is 1. The van der Waals surface area contributed by atoms with E-state index in [4.69, 9.17) is 27.2 Å². The van der Waals surface area contributed by atoms with Gasteiger partial charge in [0, 0.05) is 12.2 Å². The number of aliphatic hydroxyl groups is 1. The lowest BCUT2D eigenvalue weighted by molar-refractivity contribution is 0.100. The molecule has 0 aliphatic rings. The van der Waals surface area contributed by atoms with E-state index in [2.05, 4.69) is 0 Å². The van der Waals surface area contributed by atoms with Gasteiger partial charge in [0.1, 0.15) is 11.5 Å². The van der Waals surface area contributed by atoms with E-state index >= 15 is 0 Å². The van der Waals surface area contributed by atoms with Gasteiger partial charge < -0.3 is 15.6 Å². The minimum atomic E-state index is -0.542. The molecule has 0 fully saturated rings. The highest BCUT2D eigenvalue weighted by molar-refractivity contribution is 6.32. The average molecular weight is 292 g/mol. The number of hydrogen-bond acceptors (Lipinski definition) is 3. The number of halogens is 1. The molecule has 2 aromatic carbocycles. The highest BCUT2D eigenvalue weighted by Gasteiger charge is 2.09. The third-order valence-corrected chi connectivity index (χ3v) is 3.09. The fourth-order valence-corrected chi connectivity index (χ4v) is 2.00. The Labute approximate surface area is 121 Å². The SMILES string of the molecule is NC(=O)c1ccc(Oc2ccccc2CCO)c(Cl)c1. The first kappa shape index (κ1) is 14.4. The van der Waals surface area contributed by atoms with Crippen LogP contribution in [0.1, 0.15) is 15.9 Å². The van der Waals surface area contributed by atoms with Crippen molar-refractivity contribution in [2.75, 3.05) is 6.61 Å². The van der Waals surface area contributed by atoms with Crippen molar-refractivity contribution in [1.29, 1.82) is 0 Å². The molecular formula is C15H14ClNO3. The molecule has 0 heterocycles. The molecule has 0 aliphatic heterocycles. The number of carbonyl (C=O) groups excluding carboxylic acids is 1. The zero-order valence-corrected chi connectivity index (χ0v) is 11.4. The molecular weight excluding hydrogens is 278 g/mol. The van der Waals surface area contributed by atoms with Crippen molar-refractivity contribution in [3.8, 4) is 11.5 Å². The molecule has 1 amide bonds. The number of rotatable bonds is 5. The molecule has 0 unspecified atom stereocenters. The second-order valence-corrected chi connectivity index (χ2v) is 4.60. The van der Waals surface area contributed by atoms with Gasteiger partial charge in [-0.3, -0.25) is 4.79 Å². The quantitative estimate of drug-likeness (QED) is 0.889. The zero-order valence-electron chi connectivity index (χ0n) is 10.7. The van der Waals surface area contributed by atoms with E-state index in [1.54, 1.807) is 18.2 Å². The van der Waals surface area contributed by atoms with Crippen LogP contribution in [0, 0.1) is 0 Å². The smallest absolute Gasteiger partial charge is 0.248 e. The van der Waals surface area contributed by atoms with Crippen molar-refractivity contribution < 1.29 is 14.6 Å². The predicted molar refractivity (Wildman–Crippen MR) is 77.3 cm³/mol. The summed E-state index contributed by atoms with van der Waals surface area (Å²) < 4.78 is 5.73. The molecule has 0 aliphatic carbocycles. The summed E-state index contributed by atoms with van der Waals surface area (Å²) in [6, 6.07) is 12.0. The van der Waals surface area contributed by atoms with Gasteiger partial charge in [0.25, 0.3) is 0 Å². The summed E-state index contributed by atoms with van der Waals surface area (Å²) in [6.07, 6.45) is 0.493. The fraction of sp³-hybridized carbons (Fsp3) is 0.133. The molecule has 0 saturated heterocycles. The molecule has 2 rings (SSSR count). The minimum absolute atomic E-state index is 0.0364. The third-order valence-electron chi connectivity index (χ3n) is 2.79. The van der Waals surface area contributed by atoms with Crippen LogP contribution in [0.25, 0.3) is 0 Å². The second kappa shape index (κ2) is 6.41. The molecule has 0 bridgehead atoms. The van der Waals surface area contributed by atoms with Crippen LogP contribution in [0.2, 0.25) is 5.02 Å². The van der Waals surface area contributed by atoms with Gasteiger partial charge in [0.05, 0.1) is 5.02 Å². The Morgan fingerprint density at radius 1 is 1.20 bits per heavy atom. The van der Waals surface area contributed by atoms with E-state index in [1.165, 1.54) is 6.07 Å². The Morgan fingerprint density at radius 3 is 2.60 bits per heavy atom. The molecule has 2 aromatic rings. The summed E-state index contributed by atoms with van der Waals surface area (Å²) in [5, 5.41) is 9.33. The van der Waals surface area contributed by atoms with Gasteiger partial charge in [-0.2, -0.15) is 0 Å². The van der Waals surface area contributed by atoms with Crippen molar-refractivity contribution >= 4 is 17.5 Å². The van der Waals surface area contributed by atoms with Crippen molar-refractivity contribution in [3.05, 3.63) is 58.6 Å². The van der Waals surface area contributed by atoms with Crippen LogP contribution in [-0.4, -0.2) is 17.6 Å². The van der Waals surface area contributed by atoms with Crippen molar-refractivity contribution in [1.82, 2.24) is 0 Å². The lowest BCUT2D eigenvalue weighted by Crippen LogP contribution is -2.10. The fourth-order valence-electron chi connectivity index (χ4n) is 1.79. The second-order valence-electron chi connectivity index (χ2n) is 4.19. The van der Waals surface area contributed by atoms with Gasteiger partial charge in [0.15, 0.2) is 0 Å². The molecule has 4 nitrogen and oxygen atoms in total. The topological polar surface area (TPSA) is 72.6 Å². The van der Waals surface area contributed by atoms with Crippen LogP contribution < -0.4 is 10.5 Å². The van der Waals surface area contributed by atoms with Gasteiger partial charge in [-0.05, 0) is 36.2 Å². The first-order chi connectivity index (χ1) is 9.61. The first-order valence-electron chi connectivity index (χ1n) is 6.08. The molecule has 3 N–H and O–H groups in total. The van der Waals surface area contributed by atoms with Crippen LogP contribution in [0.15, 0.2) is 42.5 Å². The number of amides is 1. The van der Waals surface area contributed by atoms with Crippen LogP contribution in [0.4, 0.5) is 0 Å². The van der Waals surface area contributed by atoms with E-state index in [9.17, 15) is 4.79 Å². The van der Waals surface area contributed by atoms with Crippen LogP contribution in [0.5, 0.6) is 11.5 Å². The van der Waals surface area contributed by atoms with Crippen molar-refractivity contribution in [2.45, 2.75) is 6.42 Å². The first-order valence-corrected chi connectivity index (χ1v) is 6.45. The van der Waals surface area contributed by atoms with Gasteiger partial charge in [0.2, 0.25) is 5.91 Å². The number of carbonyl (C=O) groups is 1. The maximum absolute atomic E-state index is 11.1. The zero-order chi connectivity index (χ0) is 14.5. The van der Waals surface area contributed by atoms with Gasteiger partial charge in [-0.1, -0.05) is 29.8 Å². The maximum Gasteiger partial charge on any atom is 0.248 e. The normalized spacial score (nSPS) is 10.3. The average Bonchev–Trinajstić information content (AvgIpc) is 2.43. The lowest BCUT2D eigenvalue weighted by atomic mass is 10.1. The molecule has 5 heteroatoms. The highest BCUT2D eigenvalue weighted by Crippen LogP contribution is 2.32. The van der Waals surface area contributed by atoms with E-state index in [1.807, 2.05) is 18.2 Å². The summed E-state index contributed by atoms with van der Waals surface area (Å²) >= 11 is 6.07. The highest BCUT2D eigenvalue weighted by atomic mass is 35.5. The molecule has 20 heavy (non-hydrogen) atoms. The Balaban J connectivity index is 2.28. The number of ether oxygens (including phenoxy) is 1. The Kier molecular flexibility index (Phi) is 4.61. The monoisotopic (exact) mass is 291 g/mol.